The lowest BCUT2D eigenvalue weighted by molar-refractivity contribution is -0.117. The molecule has 0 bridgehead atoms. The van der Waals surface area contributed by atoms with Gasteiger partial charge in [0.15, 0.2) is 11.7 Å². The van der Waals surface area contributed by atoms with Gasteiger partial charge >= 0.3 is 0 Å². The summed E-state index contributed by atoms with van der Waals surface area (Å²) in [7, 11) is 1.50. The van der Waals surface area contributed by atoms with Crippen molar-refractivity contribution < 1.29 is 18.7 Å². The molecule has 0 radical (unpaired) electrons. The SMILES string of the molecule is COc1cccc(NC(=O)C(C#N)C(=O)c2ccc(C)o2)c1. The highest BCUT2D eigenvalue weighted by atomic mass is 16.5. The Labute approximate surface area is 127 Å². The van der Waals surface area contributed by atoms with Gasteiger partial charge in [0, 0.05) is 11.8 Å². The van der Waals surface area contributed by atoms with Crippen LogP contribution in [0.2, 0.25) is 0 Å². The van der Waals surface area contributed by atoms with Crippen molar-refractivity contribution >= 4 is 17.4 Å². The minimum atomic E-state index is -1.48. The van der Waals surface area contributed by atoms with Crippen LogP contribution in [0.5, 0.6) is 5.75 Å². The molecule has 1 aromatic heterocycles. The van der Waals surface area contributed by atoms with E-state index in [0.717, 1.165) is 0 Å². The quantitative estimate of drug-likeness (QED) is 0.676. The largest absolute Gasteiger partial charge is 0.497 e. The summed E-state index contributed by atoms with van der Waals surface area (Å²) in [5, 5.41) is 11.6. The zero-order valence-electron chi connectivity index (χ0n) is 12.1. The second-order valence-electron chi connectivity index (χ2n) is 4.56. The number of benzene rings is 1. The summed E-state index contributed by atoms with van der Waals surface area (Å²) >= 11 is 0. The van der Waals surface area contributed by atoms with Crippen LogP contribution >= 0.6 is 0 Å². The monoisotopic (exact) mass is 298 g/mol. The van der Waals surface area contributed by atoms with Crippen LogP contribution in [0.25, 0.3) is 0 Å². The highest BCUT2D eigenvalue weighted by molar-refractivity contribution is 6.14. The van der Waals surface area contributed by atoms with E-state index in [1.54, 1.807) is 43.3 Å². The van der Waals surface area contributed by atoms with E-state index in [-0.39, 0.29) is 5.76 Å². The molecule has 2 aromatic rings. The molecule has 1 heterocycles. The minimum Gasteiger partial charge on any atom is -0.497 e. The maximum atomic E-state index is 12.1. The highest BCUT2D eigenvalue weighted by Crippen LogP contribution is 2.19. The van der Waals surface area contributed by atoms with E-state index in [0.29, 0.717) is 17.2 Å². The molecule has 2 rings (SSSR count). The summed E-state index contributed by atoms with van der Waals surface area (Å²) in [6.07, 6.45) is 0. The van der Waals surface area contributed by atoms with Gasteiger partial charge in [-0.05, 0) is 31.2 Å². The van der Waals surface area contributed by atoms with Gasteiger partial charge in [0.05, 0.1) is 13.2 Å². The Bertz CT molecular complexity index is 743. The number of nitriles is 1. The van der Waals surface area contributed by atoms with Crippen LogP contribution in [0.3, 0.4) is 0 Å². The summed E-state index contributed by atoms with van der Waals surface area (Å²) in [4.78, 5) is 24.3. The Morgan fingerprint density at radius 3 is 2.68 bits per heavy atom. The van der Waals surface area contributed by atoms with Crippen molar-refractivity contribution in [3.63, 3.8) is 0 Å². The molecular formula is C16H14N2O4. The van der Waals surface area contributed by atoms with Crippen LogP contribution in [0.15, 0.2) is 40.8 Å². The third-order valence-electron chi connectivity index (χ3n) is 2.97. The number of carbonyl (C=O) groups is 2. The maximum absolute atomic E-state index is 12.1. The molecular weight excluding hydrogens is 284 g/mol. The number of ether oxygens (including phenoxy) is 1. The molecule has 1 N–H and O–H groups in total. The molecule has 0 aliphatic heterocycles. The first-order valence-corrected chi connectivity index (χ1v) is 6.50. The van der Waals surface area contributed by atoms with E-state index in [9.17, 15) is 9.59 Å². The average molecular weight is 298 g/mol. The molecule has 6 heteroatoms. The van der Waals surface area contributed by atoms with Crippen LogP contribution in [-0.4, -0.2) is 18.8 Å². The van der Waals surface area contributed by atoms with Gasteiger partial charge in [0.1, 0.15) is 11.5 Å². The number of nitrogens with one attached hydrogen (secondary N) is 1. The van der Waals surface area contributed by atoms with Gasteiger partial charge in [-0.2, -0.15) is 5.26 Å². The van der Waals surface area contributed by atoms with Crippen molar-refractivity contribution in [1.82, 2.24) is 0 Å². The maximum Gasteiger partial charge on any atom is 0.249 e. The molecule has 0 spiro atoms. The number of amides is 1. The molecule has 1 unspecified atom stereocenters. The number of hydrogen-bond acceptors (Lipinski definition) is 5. The summed E-state index contributed by atoms with van der Waals surface area (Å²) in [6, 6.07) is 11.4. The Morgan fingerprint density at radius 2 is 2.09 bits per heavy atom. The van der Waals surface area contributed by atoms with Crippen molar-refractivity contribution in [3.8, 4) is 11.8 Å². The molecule has 0 fully saturated rings. The van der Waals surface area contributed by atoms with Crippen molar-refractivity contribution in [1.29, 1.82) is 5.26 Å². The molecule has 22 heavy (non-hydrogen) atoms. The Morgan fingerprint density at radius 1 is 1.32 bits per heavy atom. The predicted molar refractivity (Wildman–Crippen MR) is 78.5 cm³/mol. The normalized spacial score (nSPS) is 11.3. The summed E-state index contributed by atoms with van der Waals surface area (Å²) in [5.74, 6) is -1.78. The highest BCUT2D eigenvalue weighted by Gasteiger charge is 2.29. The standard InChI is InChI=1S/C16H14N2O4/c1-10-6-7-14(22-10)15(19)13(9-17)16(20)18-11-4-3-5-12(8-11)21-2/h3-8,13H,1-2H3,(H,18,20). The van der Waals surface area contributed by atoms with Crippen LogP contribution in [0.1, 0.15) is 16.3 Å². The van der Waals surface area contributed by atoms with Gasteiger partial charge in [-0.3, -0.25) is 9.59 Å². The van der Waals surface area contributed by atoms with Crippen molar-refractivity contribution in [2.75, 3.05) is 12.4 Å². The summed E-state index contributed by atoms with van der Waals surface area (Å²) < 4.78 is 10.2. The summed E-state index contributed by atoms with van der Waals surface area (Å²) in [6.45, 7) is 1.68. The fourth-order valence-electron chi connectivity index (χ4n) is 1.86. The lowest BCUT2D eigenvalue weighted by Gasteiger charge is -2.09. The van der Waals surface area contributed by atoms with Gasteiger partial charge in [0.2, 0.25) is 11.7 Å². The first-order chi connectivity index (χ1) is 10.5. The number of methoxy groups -OCH3 is 1. The topological polar surface area (TPSA) is 92.3 Å². The molecule has 1 atom stereocenters. The smallest absolute Gasteiger partial charge is 0.249 e. The predicted octanol–water partition coefficient (Wildman–Crippen LogP) is 2.56. The van der Waals surface area contributed by atoms with Crippen molar-refractivity contribution in [2.24, 2.45) is 5.92 Å². The molecule has 0 saturated carbocycles. The van der Waals surface area contributed by atoms with E-state index in [1.165, 1.54) is 13.2 Å². The second-order valence-corrected chi connectivity index (χ2v) is 4.56. The zero-order valence-corrected chi connectivity index (χ0v) is 12.1. The van der Waals surface area contributed by atoms with Gasteiger partial charge < -0.3 is 14.5 Å². The molecule has 1 aromatic carbocycles. The number of rotatable bonds is 5. The molecule has 0 aliphatic rings. The third-order valence-corrected chi connectivity index (χ3v) is 2.97. The van der Waals surface area contributed by atoms with Crippen LogP contribution in [-0.2, 0) is 4.79 Å². The van der Waals surface area contributed by atoms with Crippen LogP contribution in [0, 0.1) is 24.2 Å². The number of nitrogens with zero attached hydrogens (tertiary/aromatic N) is 1. The van der Waals surface area contributed by atoms with E-state index in [2.05, 4.69) is 5.32 Å². The third kappa shape index (κ3) is 3.33. The lowest BCUT2D eigenvalue weighted by Crippen LogP contribution is -2.28. The number of furan rings is 1. The van der Waals surface area contributed by atoms with Gasteiger partial charge in [-0.25, -0.2) is 0 Å². The van der Waals surface area contributed by atoms with Crippen LogP contribution in [0.4, 0.5) is 5.69 Å². The lowest BCUT2D eigenvalue weighted by atomic mass is 10.0. The van der Waals surface area contributed by atoms with Crippen molar-refractivity contribution in [3.05, 3.63) is 47.9 Å². The Hall–Kier alpha value is -3.07. The van der Waals surface area contributed by atoms with Crippen molar-refractivity contribution in [2.45, 2.75) is 6.92 Å². The second kappa shape index (κ2) is 6.59. The number of ketones is 1. The van der Waals surface area contributed by atoms with Gasteiger partial charge in [-0.15, -0.1) is 0 Å². The Balaban J connectivity index is 2.15. The molecule has 6 nitrogen and oxygen atoms in total. The Kier molecular flexibility index (Phi) is 4.59. The fourth-order valence-corrected chi connectivity index (χ4v) is 1.86. The van der Waals surface area contributed by atoms with E-state index < -0.39 is 17.6 Å². The number of aryl methyl sites for hydroxylation is 1. The molecule has 112 valence electrons. The average Bonchev–Trinajstić information content (AvgIpc) is 2.94. The number of Topliss-reactive ketones (excluding diaryl/α,β-unsaturated/α-hetero) is 1. The summed E-state index contributed by atoms with van der Waals surface area (Å²) in [5.41, 5.74) is 0.438. The zero-order chi connectivity index (χ0) is 16.1. The number of carbonyl (C=O) groups excluding carboxylic acids is 2. The number of anilines is 1. The molecule has 0 aliphatic carbocycles. The van der Waals surface area contributed by atoms with Crippen LogP contribution < -0.4 is 10.1 Å². The first kappa shape index (κ1) is 15.3. The minimum absolute atomic E-state index is 0.00941. The first-order valence-electron chi connectivity index (χ1n) is 6.50. The van der Waals surface area contributed by atoms with Gasteiger partial charge in [-0.1, -0.05) is 6.07 Å². The number of hydrogen-bond donors (Lipinski definition) is 1. The van der Waals surface area contributed by atoms with E-state index in [4.69, 9.17) is 14.4 Å². The molecule has 1 amide bonds. The van der Waals surface area contributed by atoms with E-state index >= 15 is 0 Å². The van der Waals surface area contributed by atoms with E-state index in [1.807, 2.05) is 0 Å². The van der Waals surface area contributed by atoms with Gasteiger partial charge in [0.25, 0.3) is 0 Å². The fraction of sp³-hybridized carbons (Fsp3) is 0.188. The molecule has 0 saturated heterocycles.